The maximum atomic E-state index is 12.4. The molecule has 28 heavy (non-hydrogen) atoms. The van der Waals surface area contributed by atoms with E-state index in [0.29, 0.717) is 28.7 Å². The number of rotatable bonds is 6. The van der Waals surface area contributed by atoms with Gasteiger partial charge in [-0.2, -0.15) is 0 Å². The molecule has 4 rings (SSSR count). The first-order valence-electron chi connectivity index (χ1n) is 8.60. The molecule has 0 bridgehead atoms. The largest absolute Gasteiger partial charge is 0.484 e. The highest BCUT2D eigenvalue weighted by Crippen LogP contribution is 2.21. The van der Waals surface area contributed by atoms with Gasteiger partial charge in [0, 0.05) is 21.2 Å². The van der Waals surface area contributed by atoms with Crippen molar-refractivity contribution < 1.29 is 13.9 Å². The zero-order valence-electron chi connectivity index (χ0n) is 14.7. The molecule has 6 heteroatoms. The van der Waals surface area contributed by atoms with Gasteiger partial charge in [-0.05, 0) is 48.5 Å². The number of nitrogens with zero attached hydrogens (tertiary/aromatic N) is 2. The molecule has 1 aromatic heterocycles. The molecule has 0 N–H and O–H groups in total. The van der Waals surface area contributed by atoms with Crippen LogP contribution in [0.4, 0.5) is 0 Å². The van der Waals surface area contributed by atoms with Crippen LogP contribution in [0.5, 0.6) is 5.75 Å². The lowest BCUT2D eigenvalue weighted by molar-refractivity contribution is 0.103. The van der Waals surface area contributed by atoms with Crippen LogP contribution in [0.2, 0.25) is 0 Å². The average molecular weight is 435 g/mol. The number of carbonyl (C=O) groups is 1. The van der Waals surface area contributed by atoms with E-state index < -0.39 is 0 Å². The van der Waals surface area contributed by atoms with Crippen LogP contribution in [0.15, 0.2) is 87.8 Å². The lowest BCUT2D eigenvalue weighted by Crippen LogP contribution is -2.01. The topological polar surface area (TPSA) is 65.2 Å². The highest BCUT2D eigenvalue weighted by Gasteiger charge is 2.11. The Bertz CT molecular complexity index is 1070. The normalized spacial score (nSPS) is 10.6. The van der Waals surface area contributed by atoms with E-state index in [2.05, 4.69) is 26.1 Å². The van der Waals surface area contributed by atoms with Crippen LogP contribution in [0.3, 0.4) is 0 Å². The molecule has 0 radical (unpaired) electrons. The van der Waals surface area contributed by atoms with Gasteiger partial charge in [-0.1, -0.05) is 46.3 Å². The van der Waals surface area contributed by atoms with Gasteiger partial charge in [-0.15, -0.1) is 10.2 Å². The first-order valence-corrected chi connectivity index (χ1v) is 9.39. The molecule has 3 aromatic carbocycles. The van der Waals surface area contributed by atoms with Crippen LogP contribution in [0, 0.1) is 0 Å². The summed E-state index contributed by atoms with van der Waals surface area (Å²) in [6, 6.07) is 23.8. The van der Waals surface area contributed by atoms with E-state index in [0.717, 1.165) is 10.0 Å². The number of ether oxygens (including phenoxy) is 1. The molecule has 0 amide bonds. The Hall–Kier alpha value is -3.25. The molecule has 0 unspecified atom stereocenters. The van der Waals surface area contributed by atoms with Crippen molar-refractivity contribution in [1.82, 2.24) is 10.2 Å². The molecule has 0 aliphatic rings. The van der Waals surface area contributed by atoms with E-state index in [1.165, 1.54) is 0 Å². The standard InChI is InChI=1S/C22H15BrN2O3/c23-18-10-6-17(7-11-18)22-25-24-20(28-22)14-27-19-12-8-16(9-13-19)21(26)15-4-2-1-3-5-15/h1-13H,14H2. The van der Waals surface area contributed by atoms with Crippen LogP contribution < -0.4 is 4.74 Å². The molecule has 0 spiro atoms. The number of benzene rings is 3. The van der Waals surface area contributed by atoms with E-state index in [9.17, 15) is 4.79 Å². The van der Waals surface area contributed by atoms with Gasteiger partial charge in [0.25, 0.3) is 5.89 Å². The van der Waals surface area contributed by atoms with Gasteiger partial charge in [-0.3, -0.25) is 4.79 Å². The second kappa shape index (κ2) is 8.19. The molecule has 0 saturated heterocycles. The molecule has 1 heterocycles. The van der Waals surface area contributed by atoms with Crippen molar-refractivity contribution in [3.8, 4) is 17.2 Å². The zero-order valence-corrected chi connectivity index (χ0v) is 16.3. The summed E-state index contributed by atoms with van der Waals surface area (Å²) in [5.74, 6) is 1.41. The minimum absolute atomic E-state index is 0.0248. The smallest absolute Gasteiger partial charge is 0.254 e. The van der Waals surface area contributed by atoms with Crippen LogP contribution in [0.25, 0.3) is 11.5 Å². The Labute approximate surface area is 170 Å². The Kier molecular flexibility index (Phi) is 5.30. The number of halogens is 1. The minimum atomic E-state index is -0.0248. The fourth-order valence-corrected chi connectivity index (χ4v) is 2.89. The van der Waals surface area contributed by atoms with Crippen molar-refractivity contribution >= 4 is 21.7 Å². The Balaban J connectivity index is 1.39. The second-order valence-electron chi connectivity index (χ2n) is 6.02. The predicted octanol–water partition coefficient (Wildman–Crippen LogP) is 5.31. The second-order valence-corrected chi connectivity index (χ2v) is 6.93. The quantitative estimate of drug-likeness (QED) is 0.384. The number of aromatic nitrogens is 2. The molecule has 0 saturated carbocycles. The summed E-state index contributed by atoms with van der Waals surface area (Å²) in [5, 5.41) is 8.05. The maximum Gasteiger partial charge on any atom is 0.254 e. The highest BCUT2D eigenvalue weighted by molar-refractivity contribution is 9.10. The number of hydrogen-bond acceptors (Lipinski definition) is 5. The van der Waals surface area contributed by atoms with Crippen molar-refractivity contribution in [1.29, 1.82) is 0 Å². The third-order valence-electron chi connectivity index (χ3n) is 4.07. The summed E-state index contributed by atoms with van der Waals surface area (Å²) in [6.45, 7) is 0.148. The summed E-state index contributed by atoms with van der Waals surface area (Å²) >= 11 is 3.39. The zero-order chi connectivity index (χ0) is 19.3. The van der Waals surface area contributed by atoms with Crippen LogP contribution in [-0.4, -0.2) is 16.0 Å². The molecule has 0 fully saturated rings. The van der Waals surface area contributed by atoms with Gasteiger partial charge in [0.15, 0.2) is 12.4 Å². The van der Waals surface area contributed by atoms with Crippen molar-refractivity contribution in [2.45, 2.75) is 6.61 Å². The van der Waals surface area contributed by atoms with Crippen LogP contribution >= 0.6 is 15.9 Å². The van der Waals surface area contributed by atoms with Crippen molar-refractivity contribution in [2.75, 3.05) is 0 Å². The number of carbonyl (C=O) groups excluding carboxylic acids is 1. The predicted molar refractivity (Wildman–Crippen MR) is 108 cm³/mol. The molecular weight excluding hydrogens is 420 g/mol. The fourth-order valence-electron chi connectivity index (χ4n) is 2.62. The third-order valence-corrected chi connectivity index (χ3v) is 4.60. The van der Waals surface area contributed by atoms with Gasteiger partial charge in [0.2, 0.25) is 5.89 Å². The molecule has 138 valence electrons. The number of hydrogen-bond donors (Lipinski definition) is 0. The Morgan fingerprint density at radius 3 is 2.25 bits per heavy atom. The molecule has 4 aromatic rings. The van der Waals surface area contributed by atoms with E-state index in [1.54, 1.807) is 36.4 Å². The molecule has 0 atom stereocenters. The first-order chi connectivity index (χ1) is 13.7. The monoisotopic (exact) mass is 434 g/mol. The van der Waals surface area contributed by atoms with Crippen molar-refractivity contribution in [3.05, 3.63) is 100 Å². The van der Waals surface area contributed by atoms with E-state index >= 15 is 0 Å². The summed E-state index contributed by atoms with van der Waals surface area (Å²) in [5.41, 5.74) is 2.10. The fraction of sp³-hybridized carbons (Fsp3) is 0.0455. The summed E-state index contributed by atoms with van der Waals surface area (Å²) in [6.07, 6.45) is 0. The molecule has 5 nitrogen and oxygen atoms in total. The van der Waals surface area contributed by atoms with E-state index in [-0.39, 0.29) is 12.4 Å². The van der Waals surface area contributed by atoms with Gasteiger partial charge in [0.05, 0.1) is 0 Å². The van der Waals surface area contributed by atoms with Gasteiger partial charge >= 0.3 is 0 Å². The molecule has 0 aliphatic carbocycles. The van der Waals surface area contributed by atoms with Crippen molar-refractivity contribution in [3.63, 3.8) is 0 Å². The minimum Gasteiger partial charge on any atom is -0.484 e. The Morgan fingerprint density at radius 2 is 1.54 bits per heavy atom. The lowest BCUT2D eigenvalue weighted by atomic mass is 10.0. The van der Waals surface area contributed by atoms with Crippen molar-refractivity contribution in [2.24, 2.45) is 0 Å². The lowest BCUT2D eigenvalue weighted by Gasteiger charge is -2.05. The summed E-state index contributed by atoms with van der Waals surface area (Å²) in [4.78, 5) is 12.4. The van der Waals surface area contributed by atoms with Crippen LogP contribution in [-0.2, 0) is 6.61 Å². The van der Waals surface area contributed by atoms with Gasteiger partial charge in [0.1, 0.15) is 5.75 Å². The average Bonchev–Trinajstić information content (AvgIpc) is 3.22. The maximum absolute atomic E-state index is 12.4. The summed E-state index contributed by atoms with van der Waals surface area (Å²) in [7, 11) is 0. The van der Waals surface area contributed by atoms with Crippen LogP contribution in [0.1, 0.15) is 21.8 Å². The van der Waals surface area contributed by atoms with Gasteiger partial charge < -0.3 is 9.15 Å². The third kappa shape index (κ3) is 4.18. The SMILES string of the molecule is O=C(c1ccccc1)c1ccc(OCc2nnc(-c3ccc(Br)cc3)o2)cc1. The van der Waals surface area contributed by atoms with E-state index in [1.807, 2.05) is 42.5 Å². The molecule has 0 aliphatic heterocycles. The first kappa shape index (κ1) is 18.1. The highest BCUT2D eigenvalue weighted by atomic mass is 79.9. The van der Waals surface area contributed by atoms with Gasteiger partial charge in [-0.25, -0.2) is 0 Å². The summed E-state index contributed by atoms with van der Waals surface area (Å²) < 4.78 is 12.3. The number of ketones is 1. The molecular formula is C22H15BrN2O3. The van der Waals surface area contributed by atoms with E-state index in [4.69, 9.17) is 9.15 Å². The Morgan fingerprint density at radius 1 is 0.857 bits per heavy atom.